The van der Waals surface area contributed by atoms with Gasteiger partial charge < -0.3 is 24.6 Å². The van der Waals surface area contributed by atoms with Crippen molar-refractivity contribution >= 4 is 6.09 Å². The Bertz CT molecular complexity index is 731. The zero-order chi connectivity index (χ0) is 38.6. The molecule has 314 valence electrons. The molecule has 0 bridgehead atoms. The van der Waals surface area contributed by atoms with Gasteiger partial charge in [-0.05, 0) is 70.8 Å². The van der Waals surface area contributed by atoms with Crippen molar-refractivity contribution in [2.75, 3.05) is 59.3 Å². The number of nitrogens with one attached hydrogen (secondary N) is 1. The molecule has 0 heterocycles. The number of aliphatic hydroxyl groups is 1. The van der Waals surface area contributed by atoms with Crippen molar-refractivity contribution in [1.29, 1.82) is 0 Å². The predicted octanol–water partition coefficient (Wildman–Crippen LogP) is 12.5. The molecule has 7 nitrogen and oxygen atoms in total. The number of hydrogen-bond donors (Lipinski definition) is 2. The molecule has 0 radical (unpaired) electrons. The molecule has 0 fully saturated rings. The maximum Gasteiger partial charge on any atom is 0.407 e. The summed E-state index contributed by atoms with van der Waals surface area (Å²) in [5, 5.41) is 12.2. The Balaban J connectivity index is 4.07. The van der Waals surface area contributed by atoms with Gasteiger partial charge in [0, 0.05) is 26.3 Å². The molecule has 0 aromatic heterocycles. The minimum atomic E-state index is -0.434. The fourth-order valence-corrected chi connectivity index (χ4v) is 6.53. The summed E-state index contributed by atoms with van der Waals surface area (Å²) in [6.07, 6.45) is 45.3. The lowest BCUT2D eigenvalue weighted by molar-refractivity contribution is 0.0481. The van der Waals surface area contributed by atoms with Crippen molar-refractivity contribution in [3.05, 3.63) is 24.3 Å². The molecule has 0 aliphatic carbocycles. The monoisotopic (exact) mass is 751 g/mol. The zero-order valence-corrected chi connectivity index (χ0v) is 35.6. The van der Waals surface area contributed by atoms with Crippen LogP contribution in [0.1, 0.15) is 201 Å². The summed E-state index contributed by atoms with van der Waals surface area (Å²) in [7, 11) is 0. The number of nitrogens with zero attached hydrogens (tertiary/aromatic N) is 1. The van der Waals surface area contributed by atoms with Crippen LogP contribution < -0.4 is 5.32 Å². The van der Waals surface area contributed by atoms with Crippen LogP contribution in [0.15, 0.2) is 24.3 Å². The van der Waals surface area contributed by atoms with E-state index >= 15 is 0 Å². The minimum Gasteiger partial charge on any atom is -0.448 e. The van der Waals surface area contributed by atoms with Crippen molar-refractivity contribution in [3.63, 3.8) is 0 Å². The highest BCUT2D eigenvalue weighted by molar-refractivity contribution is 5.67. The summed E-state index contributed by atoms with van der Waals surface area (Å²) in [5.41, 5.74) is 0. The molecule has 2 N–H and O–H groups in total. The van der Waals surface area contributed by atoms with Crippen molar-refractivity contribution < 1.29 is 24.1 Å². The van der Waals surface area contributed by atoms with Crippen molar-refractivity contribution in [2.24, 2.45) is 0 Å². The van der Waals surface area contributed by atoms with E-state index in [0.717, 1.165) is 19.4 Å². The summed E-state index contributed by atoms with van der Waals surface area (Å²) in [5.74, 6) is 0. The van der Waals surface area contributed by atoms with Crippen LogP contribution in [-0.4, -0.2) is 81.4 Å². The van der Waals surface area contributed by atoms with Gasteiger partial charge in [0.2, 0.25) is 0 Å². The van der Waals surface area contributed by atoms with Crippen LogP contribution in [0.5, 0.6) is 0 Å². The van der Waals surface area contributed by atoms with Gasteiger partial charge in [-0.3, -0.25) is 4.90 Å². The quantitative estimate of drug-likeness (QED) is 0.0477. The van der Waals surface area contributed by atoms with E-state index in [0.29, 0.717) is 46.1 Å². The van der Waals surface area contributed by atoms with E-state index in [1.165, 1.54) is 167 Å². The number of ether oxygens (including phenoxy) is 3. The highest BCUT2D eigenvalue weighted by Gasteiger charge is 2.15. The number of amides is 1. The summed E-state index contributed by atoms with van der Waals surface area (Å²) in [6, 6.07) is -0.231. The van der Waals surface area contributed by atoms with E-state index in [4.69, 9.17) is 14.2 Å². The van der Waals surface area contributed by atoms with Crippen molar-refractivity contribution in [3.8, 4) is 0 Å². The molecule has 0 aliphatic heterocycles. The van der Waals surface area contributed by atoms with Gasteiger partial charge in [-0.15, -0.1) is 0 Å². The Labute approximate surface area is 329 Å². The molecule has 0 saturated carbocycles. The number of hydrogen-bond acceptors (Lipinski definition) is 6. The lowest BCUT2D eigenvalue weighted by Gasteiger charge is -2.21. The van der Waals surface area contributed by atoms with Gasteiger partial charge in [-0.25, -0.2) is 4.79 Å². The molecule has 0 saturated heterocycles. The molecule has 0 spiro atoms. The molecule has 1 amide bonds. The molecule has 0 aliphatic rings. The number of unbranched alkanes of at least 4 members (excludes halogenated alkanes) is 24. The number of rotatable bonds is 43. The Kier molecular flexibility index (Phi) is 43.8. The Morgan fingerprint density at radius 3 is 1.28 bits per heavy atom. The van der Waals surface area contributed by atoms with E-state index in [1.54, 1.807) is 0 Å². The van der Waals surface area contributed by atoms with Crippen molar-refractivity contribution in [1.82, 2.24) is 10.2 Å². The molecule has 53 heavy (non-hydrogen) atoms. The van der Waals surface area contributed by atoms with Gasteiger partial charge in [-0.1, -0.05) is 161 Å². The summed E-state index contributed by atoms with van der Waals surface area (Å²) >= 11 is 0. The van der Waals surface area contributed by atoms with Crippen LogP contribution in [-0.2, 0) is 14.2 Å². The van der Waals surface area contributed by atoms with E-state index in [-0.39, 0.29) is 12.6 Å². The largest absolute Gasteiger partial charge is 0.448 e. The van der Waals surface area contributed by atoms with Crippen LogP contribution in [0.4, 0.5) is 4.79 Å². The van der Waals surface area contributed by atoms with Gasteiger partial charge in [0.1, 0.15) is 6.61 Å². The van der Waals surface area contributed by atoms with Crippen LogP contribution in [0.25, 0.3) is 0 Å². The smallest absolute Gasteiger partial charge is 0.407 e. The molecule has 7 heteroatoms. The van der Waals surface area contributed by atoms with Gasteiger partial charge >= 0.3 is 6.09 Å². The average molecular weight is 751 g/mol. The summed E-state index contributed by atoms with van der Waals surface area (Å²) < 4.78 is 17.4. The van der Waals surface area contributed by atoms with E-state index in [9.17, 15) is 9.90 Å². The average Bonchev–Trinajstić information content (AvgIpc) is 3.16. The number of allylic oxidation sites excluding steroid dienone is 4. The standard InChI is InChI=1S/C46H90N2O5/c1-4-7-9-11-13-15-17-19-21-23-25-27-29-31-33-35-40-51-43-45(47-46(50)53-42-38-48(6-3)37-39-49)44-52-41-36-34-32-30-28-26-24-22-20-18-16-14-12-10-8-5-2/h19-22,45,49H,4-18,23-44H2,1-3H3,(H,47,50). The maximum atomic E-state index is 12.5. The molecular weight excluding hydrogens is 661 g/mol. The first-order valence-corrected chi connectivity index (χ1v) is 22.9. The number of carbonyl (C=O) groups excluding carboxylic acids is 1. The highest BCUT2D eigenvalue weighted by atomic mass is 16.6. The SMILES string of the molecule is CCCCCCCCC=CCCCCCCCCOCC(COCCCCCCCCC=CCCCCCCCC)NC(=O)OCCN(CC)CCO. The minimum absolute atomic E-state index is 0.102. The summed E-state index contributed by atoms with van der Waals surface area (Å²) in [6.45, 7) is 11.2. The Morgan fingerprint density at radius 1 is 0.528 bits per heavy atom. The third kappa shape index (κ3) is 41.6. The predicted molar refractivity (Wildman–Crippen MR) is 228 cm³/mol. The van der Waals surface area contributed by atoms with E-state index in [2.05, 4.69) is 48.4 Å². The second-order valence-electron chi connectivity index (χ2n) is 15.2. The second-order valence-corrected chi connectivity index (χ2v) is 15.2. The third-order valence-electron chi connectivity index (χ3n) is 10.1. The van der Waals surface area contributed by atoms with E-state index in [1.807, 2.05) is 6.92 Å². The van der Waals surface area contributed by atoms with Crippen molar-refractivity contribution in [2.45, 2.75) is 207 Å². The van der Waals surface area contributed by atoms with Crippen LogP contribution >= 0.6 is 0 Å². The van der Waals surface area contributed by atoms with Gasteiger partial charge in [-0.2, -0.15) is 0 Å². The number of carbonyl (C=O) groups is 1. The fraction of sp³-hybridized carbons (Fsp3) is 0.891. The number of aliphatic hydroxyl groups excluding tert-OH is 1. The van der Waals surface area contributed by atoms with E-state index < -0.39 is 6.09 Å². The van der Waals surface area contributed by atoms with Crippen LogP contribution in [0.2, 0.25) is 0 Å². The molecule has 0 aromatic carbocycles. The topological polar surface area (TPSA) is 80.3 Å². The lowest BCUT2D eigenvalue weighted by Crippen LogP contribution is -2.42. The van der Waals surface area contributed by atoms with Crippen LogP contribution in [0, 0.1) is 0 Å². The first-order chi connectivity index (χ1) is 26.2. The molecular formula is C46H90N2O5. The third-order valence-corrected chi connectivity index (χ3v) is 10.1. The van der Waals surface area contributed by atoms with Gasteiger partial charge in [0.15, 0.2) is 0 Å². The first-order valence-electron chi connectivity index (χ1n) is 22.9. The second kappa shape index (κ2) is 45.0. The Hall–Kier alpha value is -1.41. The first kappa shape index (κ1) is 51.6. The van der Waals surface area contributed by atoms with Gasteiger partial charge in [0.05, 0.1) is 25.9 Å². The molecule has 0 atom stereocenters. The van der Waals surface area contributed by atoms with Crippen LogP contribution in [0.3, 0.4) is 0 Å². The lowest BCUT2D eigenvalue weighted by atomic mass is 10.1. The Morgan fingerprint density at radius 2 is 0.906 bits per heavy atom. The molecule has 0 unspecified atom stereocenters. The number of likely N-dealkylation sites (N-methyl/N-ethyl adjacent to an activating group) is 1. The zero-order valence-electron chi connectivity index (χ0n) is 35.6. The summed E-state index contributed by atoms with van der Waals surface area (Å²) in [4.78, 5) is 14.6. The number of alkyl carbamates (subject to hydrolysis) is 1. The highest BCUT2D eigenvalue weighted by Crippen LogP contribution is 2.12. The fourth-order valence-electron chi connectivity index (χ4n) is 6.53. The molecule has 0 rings (SSSR count). The maximum absolute atomic E-state index is 12.5. The normalized spacial score (nSPS) is 12.5. The van der Waals surface area contributed by atoms with Gasteiger partial charge in [0.25, 0.3) is 0 Å². The molecule has 0 aromatic rings.